The molecule has 1 aliphatic heterocycles. The van der Waals surface area contributed by atoms with Gasteiger partial charge in [0.1, 0.15) is 10.7 Å². The van der Waals surface area contributed by atoms with Crippen LogP contribution in [-0.2, 0) is 14.4 Å². The van der Waals surface area contributed by atoms with Crippen molar-refractivity contribution in [2.24, 2.45) is 0 Å². The molecule has 0 aromatic carbocycles. The fraction of sp³-hybridized carbons (Fsp3) is 0.643. The van der Waals surface area contributed by atoms with Crippen LogP contribution in [0.3, 0.4) is 0 Å². The molecule has 1 heterocycles. The van der Waals surface area contributed by atoms with Gasteiger partial charge in [-0.1, -0.05) is 18.0 Å². The third-order valence-corrected chi connectivity index (χ3v) is 3.78. The second-order valence-electron chi connectivity index (χ2n) is 4.80. The van der Waals surface area contributed by atoms with E-state index in [1.54, 1.807) is 4.90 Å². The number of rotatable bonds is 9. The summed E-state index contributed by atoms with van der Waals surface area (Å²) < 4.78 is 0. The summed E-state index contributed by atoms with van der Waals surface area (Å²) in [6, 6.07) is 0. The fourth-order valence-corrected chi connectivity index (χ4v) is 2.58. The highest BCUT2D eigenvalue weighted by Crippen LogP contribution is 2.26. The largest absolute Gasteiger partial charge is 0.481 e. The maximum atomic E-state index is 12.3. The molecule has 0 fully saturated rings. The molecule has 118 valence electrons. The topological polar surface area (TPSA) is 77.9 Å². The molecular weight excluding hydrogens is 296 g/mol. The van der Waals surface area contributed by atoms with Crippen LogP contribution in [0.1, 0.15) is 39.5 Å². The molecule has 2 amide bonds. The quantitative estimate of drug-likeness (QED) is 0.518. The normalized spacial score (nSPS) is 15.1. The van der Waals surface area contributed by atoms with Gasteiger partial charge in [0.05, 0.1) is 0 Å². The van der Waals surface area contributed by atoms with E-state index in [-0.39, 0.29) is 29.6 Å². The molecule has 0 atom stereocenters. The highest BCUT2D eigenvalue weighted by atomic mass is 35.5. The zero-order valence-electron chi connectivity index (χ0n) is 12.4. The first kappa shape index (κ1) is 17.5. The van der Waals surface area contributed by atoms with E-state index in [1.165, 1.54) is 0 Å². The highest BCUT2D eigenvalue weighted by Gasteiger charge is 2.39. The SMILES string of the molecule is CCN(CC)C1=C(Cl)C(=O)N(CCCCCC(=O)O)C1=O. The fourth-order valence-electron chi connectivity index (χ4n) is 2.27. The van der Waals surface area contributed by atoms with Gasteiger partial charge >= 0.3 is 5.97 Å². The Morgan fingerprint density at radius 1 is 1.14 bits per heavy atom. The van der Waals surface area contributed by atoms with E-state index >= 15 is 0 Å². The summed E-state index contributed by atoms with van der Waals surface area (Å²) in [6.07, 6.45) is 1.88. The summed E-state index contributed by atoms with van der Waals surface area (Å²) in [4.78, 5) is 37.6. The van der Waals surface area contributed by atoms with Gasteiger partial charge in [-0.2, -0.15) is 0 Å². The maximum Gasteiger partial charge on any atom is 0.303 e. The van der Waals surface area contributed by atoms with E-state index in [0.717, 1.165) is 4.90 Å². The van der Waals surface area contributed by atoms with Crippen LogP contribution in [0, 0.1) is 0 Å². The summed E-state index contributed by atoms with van der Waals surface area (Å²) in [6.45, 7) is 5.28. The molecule has 21 heavy (non-hydrogen) atoms. The van der Waals surface area contributed by atoms with Crippen molar-refractivity contribution in [2.45, 2.75) is 39.5 Å². The van der Waals surface area contributed by atoms with Crippen molar-refractivity contribution >= 4 is 29.4 Å². The number of carboxylic acids is 1. The standard InChI is InChI=1S/C14H21ClN2O4/c1-3-16(4-2)12-11(15)13(20)17(14(12)21)9-7-5-6-8-10(18)19/h3-9H2,1-2H3,(H,18,19). The van der Waals surface area contributed by atoms with E-state index in [1.807, 2.05) is 13.8 Å². The number of amides is 2. The van der Waals surface area contributed by atoms with Gasteiger partial charge in [-0.3, -0.25) is 19.3 Å². The third-order valence-electron chi connectivity index (χ3n) is 3.44. The number of unbranched alkanes of at least 4 members (excludes halogenated alkanes) is 2. The van der Waals surface area contributed by atoms with E-state index in [4.69, 9.17) is 16.7 Å². The van der Waals surface area contributed by atoms with E-state index in [2.05, 4.69) is 0 Å². The number of carbonyl (C=O) groups is 3. The predicted octanol–water partition coefficient (Wildman–Crippen LogP) is 1.79. The summed E-state index contributed by atoms with van der Waals surface area (Å²) in [5.74, 6) is -1.65. The lowest BCUT2D eigenvalue weighted by Crippen LogP contribution is -2.35. The van der Waals surface area contributed by atoms with Crippen LogP contribution < -0.4 is 0 Å². The van der Waals surface area contributed by atoms with Crippen LogP contribution in [0.15, 0.2) is 10.7 Å². The second kappa shape index (κ2) is 8.02. The zero-order chi connectivity index (χ0) is 16.0. The van der Waals surface area contributed by atoms with Crippen molar-refractivity contribution in [3.8, 4) is 0 Å². The predicted molar refractivity (Wildman–Crippen MR) is 78.6 cm³/mol. The number of aliphatic carboxylic acids is 1. The van der Waals surface area contributed by atoms with Gasteiger partial charge in [0.25, 0.3) is 11.8 Å². The Morgan fingerprint density at radius 3 is 2.29 bits per heavy atom. The number of imide groups is 1. The lowest BCUT2D eigenvalue weighted by molar-refractivity contribution is -0.139. The van der Waals surface area contributed by atoms with Crippen molar-refractivity contribution in [1.82, 2.24) is 9.80 Å². The first-order valence-electron chi connectivity index (χ1n) is 7.16. The number of carbonyl (C=O) groups excluding carboxylic acids is 2. The Kier molecular flexibility index (Phi) is 6.68. The Bertz CT molecular complexity index is 458. The number of likely N-dealkylation sites (N-methyl/N-ethyl adjacent to an activating group) is 1. The number of carboxylic acid groups (broad SMARTS) is 1. The first-order chi connectivity index (χ1) is 9.93. The van der Waals surface area contributed by atoms with Crippen LogP contribution in [-0.4, -0.2) is 52.3 Å². The summed E-state index contributed by atoms with van der Waals surface area (Å²) in [7, 11) is 0. The van der Waals surface area contributed by atoms with Gasteiger partial charge in [0.15, 0.2) is 0 Å². The van der Waals surface area contributed by atoms with Crippen LogP contribution >= 0.6 is 11.6 Å². The van der Waals surface area contributed by atoms with Gasteiger partial charge in [-0.25, -0.2) is 0 Å². The molecule has 7 heteroatoms. The molecule has 1 aliphatic rings. The first-order valence-corrected chi connectivity index (χ1v) is 7.54. The van der Waals surface area contributed by atoms with Crippen molar-refractivity contribution in [2.75, 3.05) is 19.6 Å². The summed E-state index contributed by atoms with van der Waals surface area (Å²) >= 11 is 6.00. The van der Waals surface area contributed by atoms with E-state index in [0.29, 0.717) is 32.4 Å². The van der Waals surface area contributed by atoms with Crippen molar-refractivity contribution in [3.05, 3.63) is 10.7 Å². The molecule has 0 bridgehead atoms. The van der Waals surface area contributed by atoms with Crippen LogP contribution in [0.4, 0.5) is 0 Å². The monoisotopic (exact) mass is 316 g/mol. The van der Waals surface area contributed by atoms with E-state index < -0.39 is 11.9 Å². The molecular formula is C14H21ClN2O4. The lowest BCUT2D eigenvalue weighted by Gasteiger charge is -2.22. The van der Waals surface area contributed by atoms with Crippen LogP contribution in [0.25, 0.3) is 0 Å². The number of hydrogen-bond acceptors (Lipinski definition) is 4. The minimum Gasteiger partial charge on any atom is -0.481 e. The van der Waals surface area contributed by atoms with Gasteiger partial charge in [-0.15, -0.1) is 0 Å². The maximum absolute atomic E-state index is 12.3. The Hall–Kier alpha value is -1.56. The van der Waals surface area contributed by atoms with Crippen LogP contribution in [0.2, 0.25) is 0 Å². The molecule has 0 aromatic heterocycles. The lowest BCUT2D eigenvalue weighted by atomic mass is 10.2. The van der Waals surface area contributed by atoms with Gasteiger partial charge < -0.3 is 10.0 Å². The molecule has 0 aliphatic carbocycles. The molecule has 0 saturated carbocycles. The Balaban J connectivity index is 2.58. The van der Waals surface area contributed by atoms with Crippen molar-refractivity contribution < 1.29 is 19.5 Å². The van der Waals surface area contributed by atoms with Crippen molar-refractivity contribution in [3.63, 3.8) is 0 Å². The summed E-state index contributed by atoms with van der Waals surface area (Å²) in [5.41, 5.74) is 0.275. The molecule has 0 radical (unpaired) electrons. The van der Waals surface area contributed by atoms with E-state index in [9.17, 15) is 14.4 Å². The molecule has 6 nitrogen and oxygen atoms in total. The highest BCUT2D eigenvalue weighted by molar-refractivity contribution is 6.47. The second-order valence-corrected chi connectivity index (χ2v) is 5.18. The van der Waals surface area contributed by atoms with Gasteiger partial charge in [0.2, 0.25) is 0 Å². The molecule has 0 aromatic rings. The zero-order valence-corrected chi connectivity index (χ0v) is 13.2. The Labute approximate surface area is 129 Å². The number of hydrogen-bond donors (Lipinski definition) is 1. The average Bonchev–Trinajstić information content (AvgIpc) is 2.65. The number of nitrogens with zero attached hydrogens (tertiary/aromatic N) is 2. The molecule has 0 saturated heterocycles. The van der Waals surface area contributed by atoms with Crippen LogP contribution in [0.5, 0.6) is 0 Å². The van der Waals surface area contributed by atoms with Gasteiger partial charge in [0, 0.05) is 26.1 Å². The van der Waals surface area contributed by atoms with Gasteiger partial charge in [-0.05, 0) is 26.7 Å². The summed E-state index contributed by atoms with van der Waals surface area (Å²) in [5, 5.41) is 8.53. The minimum absolute atomic E-state index is 0.0192. The molecule has 1 N–H and O–H groups in total. The molecule has 1 rings (SSSR count). The average molecular weight is 317 g/mol. The van der Waals surface area contributed by atoms with Crippen molar-refractivity contribution in [1.29, 1.82) is 0 Å². The smallest absolute Gasteiger partial charge is 0.303 e. The third kappa shape index (κ3) is 4.20. The minimum atomic E-state index is -0.836. The Morgan fingerprint density at radius 2 is 1.76 bits per heavy atom. The molecule has 0 unspecified atom stereocenters. The molecule has 0 spiro atoms. The number of halogens is 1.